The summed E-state index contributed by atoms with van der Waals surface area (Å²) in [5.74, 6) is -1.09. The maximum atomic E-state index is 13.2. The van der Waals surface area contributed by atoms with E-state index in [1.807, 2.05) is 0 Å². The quantitative estimate of drug-likeness (QED) is 0.653. The van der Waals surface area contributed by atoms with Crippen LogP contribution in [0.5, 0.6) is 11.5 Å². The third-order valence-corrected chi connectivity index (χ3v) is 5.49. The number of phenols is 1. The summed E-state index contributed by atoms with van der Waals surface area (Å²) in [5.41, 5.74) is 1.12. The molecule has 2 aromatic carbocycles. The molecular weight excluding hydrogens is 419 g/mol. The Labute approximate surface area is 181 Å². The number of imide groups is 1. The van der Waals surface area contributed by atoms with E-state index in [2.05, 4.69) is 10.3 Å². The van der Waals surface area contributed by atoms with E-state index in [-0.39, 0.29) is 48.0 Å². The maximum Gasteiger partial charge on any atom is 0.423 e. The van der Waals surface area contributed by atoms with Gasteiger partial charge in [0.1, 0.15) is 17.1 Å². The molecule has 162 valence electrons. The lowest BCUT2D eigenvalue weighted by atomic mass is 10.0. The van der Waals surface area contributed by atoms with Crippen molar-refractivity contribution in [1.82, 2.24) is 20.1 Å². The summed E-state index contributed by atoms with van der Waals surface area (Å²) < 4.78 is 18.8. The number of phenolic OH excluding ortho intramolecular Hbond substituents is 1. The number of hydrogen-bond acceptors (Lipinski definition) is 6. The van der Waals surface area contributed by atoms with Gasteiger partial charge in [-0.05, 0) is 29.8 Å². The van der Waals surface area contributed by atoms with Crippen molar-refractivity contribution in [3.05, 3.63) is 65.1 Å². The molecule has 0 bridgehead atoms. The van der Waals surface area contributed by atoms with Crippen molar-refractivity contribution >= 4 is 28.9 Å². The molecule has 3 aromatic rings. The van der Waals surface area contributed by atoms with E-state index in [4.69, 9.17) is 4.74 Å². The number of fused-ring (bicyclic) bond motifs is 2. The van der Waals surface area contributed by atoms with E-state index in [1.165, 1.54) is 23.2 Å². The molecule has 3 heterocycles. The summed E-state index contributed by atoms with van der Waals surface area (Å²) in [6.07, 6.45) is 0.561. The molecule has 32 heavy (non-hydrogen) atoms. The van der Waals surface area contributed by atoms with Crippen LogP contribution in [-0.4, -0.2) is 51.0 Å². The molecule has 0 atom stereocenters. The Morgan fingerprint density at radius 3 is 2.72 bits per heavy atom. The van der Waals surface area contributed by atoms with Gasteiger partial charge in [0.05, 0.1) is 18.7 Å². The number of pyridine rings is 1. The van der Waals surface area contributed by atoms with Gasteiger partial charge >= 0.3 is 12.1 Å². The highest BCUT2D eigenvalue weighted by Crippen LogP contribution is 2.44. The zero-order chi connectivity index (χ0) is 22.4. The number of amides is 4. The molecule has 1 saturated heterocycles. The van der Waals surface area contributed by atoms with Gasteiger partial charge in [-0.25, -0.2) is 18.9 Å². The average Bonchev–Trinajstić information content (AvgIpc) is 3.36. The largest absolute Gasteiger partial charge is 0.505 e. The van der Waals surface area contributed by atoms with Crippen LogP contribution in [0.15, 0.2) is 42.6 Å². The van der Waals surface area contributed by atoms with Crippen molar-refractivity contribution in [3.63, 3.8) is 0 Å². The van der Waals surface area contributed by atoms with Gasteiger partial charge in [0.2, 0.25) is 0 Å². The van der Waals surface area contributed by atoms with Crippen molar-refractivity contribution in [3.8, 4) is 11.5 Å². The molecule has 5 rings (SSSR count). The number of benzene rings is 2. The second-order valence-corrected chi connectivity index (χ2v) is 7.47. The standard InChI is InChI=1S/C22H17FN4O5/c23-13-5-3-12(4-6-13)10-26-11-15-16(20(26)29)18(28)17-14(2-1-7-24-17)19(15)32-22(31)27-9-8-25-21(27)30/h1-7,28H,8-11H2,(H,25,30). The number of nitrogens with one attached hydrogen (secondary N) is 1. The summed E-state index contributed by atoms with van der Waals surface area (Å²) >= 11 is 0. The van der Waals surface area contributed by atoms with Crippen LogP contribution in [0.25, 0.3) is 10.9 Å². The van der Waals surface area contributed by atoms with E-state index in [1.54, 1.807) is 24.3 Å². The van der Waals surface area contributed by atoms with E-state index in [0.29, 0.717) is 23.1 Å². The lowest BCUT2D eigenvalue weighted by molar-refractivity contribution is 0.0764. The highest BCUT2D eigenvalue weighted by molar-refractivity contribution is 6.09. The summed E-state index contributed by atoms with van der Waals surface area (Å²) in [6, 6.07) is 8.39. The fourth-order valence-corrected chi connectivity index (χ4v) is 3.96. The lowest BCUT2D eigenvalue weighted by Crippen LogP contribution is -2.36. The number of urea groups is 1. The second kappa shape index (κ2) is 7.49. The second-order valence-electron chi connectivity index (χ2n) is 7.47. The predicted octanol–water partition coefficient (Wildman–Crippen LogP) is 2.76. The first kappa shape index (κ1) is 19.7. The molecule has 0 spiro atoms. The number of hydrogen-bond donors (Lipinski definition) is 2. The number of rotatable bonds is 3. The molecule has 4 amide bonds. The van der Waals surface area contributed by atoms with Crippen molar-refractivity contribution in [2.24, 2.45) is 0 Å². The van der Waals surface area contributed by atoms with Crippen LogP contribution in [0.1, 0.15) is 21.5 Å². The Balaban J connectivity index is 1.56. The molecule has 2 aliphatic rings. The fraction of sp³-hybridized carbons (Fsp3) is 0.182. The van der Waals surface area contributed by atoms with Gasteiger partial charge in [-0.3, -0.25) is 9.78 Å². The molecule has 0 unspecified atom stereocenters. The number of carbonyl (C=O) groups is 3. The van der Waals surface area contributed by atoms with Crippen molar-refractivity contribution in [2.75, 3.05) is 13.1 Å². The number of aromatic hydroxyl groups is 1. The minimum absolute atomic E-state index is 0.00742. The van der Waals surface area contributed by atoms with Gasteiger partial charge in [0, 0.05) is 30.2 Å². The zero-order valence-corrected chi connectivity index (χ0v) is 16.7. The third-order valence-electron chi connectivity index (χ3n) is 5.49. The summed E-state index contributed by atoms with van der Waals surface area (Å²) in [6.45, 7) is 0.690. The Morgan fingerprint density at radius 1 is 1.22 bits per heavy atom. The number of nitrogens with zero attached hydrogens (tertiary/aromatic N) is 3. The molecule has 2 aliphatic heterocycles. The first-order valence-electron chi connectivity index (χ1n) is 9.87. The van der Waals surface area contributed by atoms with Gasteiger partial charge < -0.3 is 20.1 Å². The Bertz CT molecular complexity index is 1280. The molecule has 0 aliphatic carbocycles. The SMILES string of the molecule is O=C1c2c(c(OC(=O)N3CCNC3=O)c3cccnc3c2O)CN1Cc1ccc(F)cc1. The maximum absolute atomic E-state index is 13.2. The van der Waals surface area contributed by atoms with Gasteiger partial charge in [-0.1, -0.05) is 12.1 Å². The highest BCUT2D eigenvalue weighted by atomic mass is 19.1. The highest BCUT2D eigenvalue weighted by Gasteiger charge is 2.37. The number of ether oxygens (including phenoxy) is 1. The van der Waals surface area contributed by atoms with E-state index < -0.39 is 18.0 Å². The Hall–Kier alpha value is -4.21. The molecule has 1 fully saturated rings. The molecule has 1 aromatic heterocycles. The normalized spacial score (nSPS) is 15.3. The number of halogens is 1. The zero-order valence-electron chi connectivity index (χ0n) is 16.7. The lowest BCUT2D eigenvalue weighted by Gasteiger charge is -2.17. The van der Waals surface area contributed by atoms with E-state index in [9.17, 15) is 23.9 Å². The Morgan fingerprint density at radius 2 is 2.00 bits per heavy atom. The number of aromatic nitrogens is 1. The molecule has 0 radical (unpaired) electrons. The number of carbonyl (C=O) groups excluding carboxylic acids is 3. The van der Waals surface area contributed by atoms with E-state index >= 15 is 0 Å². The topological polar surface area (TPSA) is 112 Å². The summed E-state index contributed by atoms with van der Waals surface area (Å²) in [4.78, 5) is 44.2. The van der Waals surface area contributed by atoms with Crippen LogP contribution >= 0.6 is 0 Å². The minimum atomic E-state index is -0.887. The van der Waals surface area contributed by atoms with Crippen LogP contribution in [0.4, 0.5) is 14.0 Å². The average molecular weight is 436 g/mol. The first-order chi connectivity index (χ1) is 15.4. The monoisotopic (exact) mass is 436 g/mol. The third kappa shape index (κ3) is 3.16. The minimum Gasteiger partial charge on any atom is -0.505 e. The van der Waals surface area contributed by atoms with Crippen LogP contribution < -0.4 is 10.1 Å². The van der Waals surface area contributed by atoms with Crippen LogP contribution in [-0.2, 0) is 13.1 Å². The van der Waals surface area contributed by atoms with Gasteiger partial charge in [-0.2, -0.15) is 0 Å². The van der Waals surface area contributed by atoms with Gasteiger partial charge in [-0.15, -0.1) is 0 Å². The predicted molar refractivity (Wildman–Crippen MR) is 110 cm³/mol. The van der Waals surface area contributed by atoms with Crippen molar-refractivity contribution in [2.45, 2.75) is 13.1 Å². The van der Waals surface area contributed by atoms with Gasteiger partial charge in [0.15, 0.2) is 5.75 Å². The van der Waals surface area contributed by atoms with Crippen LogP contribution in [0, 0.1) is 5.82 Å². The van der Waals surface area contributed by atoms with Crippen LogP contribution in [0.2, 0.25) is 0 Å². The Kier molecular flexibility index (Phi) is 4.62. The van der Waals surface area contributed by atoms with Crippen molar-refractivity contribution < 1.29 is 28.6 Å². The molecule has 9 nitrogen and oxygen atoms in total. The van der Waals surface area contributed by atoms with Gasteiger partial charge in [0.25, 0.3) is 5.91 Å². The first-order valence-corrected chi connectivity index (χ1v) is 9.87. The smallest absolute Gasteiger partial charge is 0.423 e. The molecule has 2 N–H and O–H groups in total. The summed E-state index contributed by atoms with van der Waals surface area (Å²) in [5, 5.41) is 13.7. The van der Waals surface area contributed by atoms with E-state index in [0.717, 1.165) is 4.90 Å². The fourth-order valence-electron chi connectivity index (χ4n) is 3.96. The van der Waals surface area contributed by atoms with Crippen LogP contribution in [0.3, 0.4) is 0 Å². The van der Waals surface area contributed by atoms with Crippen molar-refractivity contribution in [1.29, 1.82) is 0 Å². The molecule has 0 saturated carbocycles. The summed E-state index contributed by atoms with van der Waals surface area (Å²) in [7, 11) is 0. The molecule has 10 heteroatoms. The molecular formula is C22H17FN4O5.